The molecule has 1 aromatic carbocycles. The van der Waals surface area contributed by atoms with E-state index in [0.717, 1.165) is 5.56 Å². The van der Waals surface area contributed by atoms with E-state index >= 15 is 0 Å². The van der Waals surface area contributed by atoms with Gasteiger partial charge in [-0.1, -0.05) is 18.2 Å². The minimum absolute atomic E-state index is 0.153. The zero-order valence-corrected chi connectivity index (χ0v) is 6.87. The summed E-state index contributed by atoms with van der Waals surface area (Å²) in [6, 6.07) is 5.26. The fourth-order valence-corrected chi connectivity index (χ4v) is 1.21. The van der Waals surface area contributed by atoms with Crippen molar-refractivity contribution in [3.63, 3.8) is 0 Å². The molecule has 1 aromatic rings. The molecule has 0 saturated carbocycles. The van der Waals surface area contributed by atoms with Gasteiger partial charge in [0.05, 0.1) is 6.61 Å². The van der Waals surface area contributed by atoms with E-state index in [9.17, 15) is 4.79 Å². The second kappa shape index (κ2) is 3.36. The third-order valence-electron chi connectivity index (χ3n) is 1.78. The number of hydrogen-bond donors (Lipinski definition) is 2. The molecule has 0 heterocycles. The Morgan fingerprint density at radius 1 is 1.58 bits per heavy atom. The molecule has 0 aliphatic carbocycles. The fraction of sp³-hybridized carbons (Fsp3) is 0.222. The van der Waals surface area contributed by atoms with E-state index in [-0.39, 0.29) is 6.61 Å². The summed E-state index contributed by atoms with van der Waals surface area (Å²) in [6.07, 6.45) is 0. The van der Waals surface area contributed by atoms with Gasteiger partial charge in [-0.2, -0.15) is 0 Å². The first-order valence-corrected chi connectivity index (χ1v) is 3.66. The van der Waals surface area contributed by atoms with Crippen molar-refractivity contribution in [2.24, 2.45) is 5.73 Å². The third kappa shape index (κ3) is 1.46. The summed E-state index contributed by atoms with van der Waals surface area (Å²) in [5, 5.41) is 8.88. The van der Waals surface area contributed by atoms with Crippen LogP contribution in [0.25, 0.3) is 0 Å². The topological polar surface area (TPSA) is 63.3 Å². The highest BCUT2D eigenvalue weighted by atomic mass is 16.3. The normalized spacial score (nSPS) is 9.83. The average Bonchev–Trinajstić information content (AvgIpc) is 2.03. The minimum atomic E-state index is -0.489. The summed E-state index contributed by atoms with van der Waals surface area (Å²) >= 11 is 0. The van der Waals surface area contributed by atoms with E-state index in [1.165, 1.54) is 0 Å². The first kappa shape index (κ1) is 8.74. The number of nitrogens with two attached hydrogens (primary N) is 1. The molecule has 12 heavy (non-hydrogen) atoms. The van der Waals surface area contributed by atoms with Crippen LogP contribution < -0.4 is 5.73 Å². The number of aryl methyl sites for hydroxylation is 1. The molecule has 0 unspecified atom stereocenters. The van der Waals surface area contributed by atoms with Crippen molar-refractivity contribution in [1.82, 2.24) is 0 Å². The molecule has 0 aromatic heterocycles. The summed E-state index contributed by atoms with van der Waals surface area (Å²) in [5.74, 6) is -0.489. The second-order valence-corrected chi connectivity index (χ2v) is 2.63. The summed E-state index contributed by atoms with van der Waals surface area (Å²) in [6.45, 7) is 1.64. The number of primary amides is 1. The molecule has 0 saturated heterocycles. The Balaban J connectivity index is 3.29. The Morgan fingerprint density at radius 2 is 2.25 bits per heavy atom. The Bertz CT molecular complexity index is 307. The lowest BCUT2D eigenvalue weighted by Crippen LogP contribution is -2.15. The van der Waals surface area contributed by atoms with Crippen LogP contribution in [-0.2, 0) is 6.61 Å². The van der Waals surface area contributed by atoms with Gasteiger partial charge >= 0.3 is 0 Å². The number of rotatable bonds is 2. The first-order chi connectivity index (χ1) is 5.66. The highest BCUT2D eigenvalue weighted by Gasteiger charge is 2.09. The van der Waals surface area contributed by atoms with Crippen molar-refractivity contribution < 1.29 is 9.90 Å². The number of aliphatic hydroxyl groups excluding tert-OH is 1. The summed E-state index contributed by atoms with van der Waals surface area (Å²) in [7, 11) is 0. The van der Waals surface area contributed by atoms with Gasteiger partial charge in [0.25, 0.3) is 0 Å². The van der Waals surface area contributed by atoms with Crippen LogP contribution in [0.1, 0.15) is 21.5 Å². The van der Waals surface area contributed by atoms with Crippen LogP contribution in [0.2, 0.25) is 0 Å². The van der Waals surface area contributed by atoms with Crippen molar-refractivity contribution in [3.8, 4) is 0 Å². The zero-order valence-electron chi connectivity index (χ0n) is 6.87. The number of amides is 1. The molecule has 0 bridgehead atoms. The highest BCUT2D eigenvalue weighted by Crippen LogP contribution is 2.12. The molecule has 64 valence electrons. The van der Waals surface area contributed by atoms with Gasteiger partial charge in [0.15, 0.2) is 0 Å². The van der Waals surface area contributed by atoms with Gasteiger partial charge in [-0.3, -0.25) is 4.79 Å². The molecule has 3 nitrogen and oxygen atoms in total. The van der Waals surface area contributed by atoms with Crippen LogP contribution in [0.3, 0.4) is 0 Å². The zero-order chi connectivity index (χ0) is 9.14. The summed E-state index contributed by atoms with van der Waals surface area (Å²) in [5.41, 5.74) is 6.96. The largest absolute Gasteiger partial charge is 0.392 e. The molecule has 0 radical (unpaired) electrons. The summed E-state index contributed by atoms with van der Waals surface area (Å²) < 4.78 is 0. The van der Waals surface area contributed by atoms with Gasteiger partial charge in [-0.05, 0) is 18.1 Å². The molecule has 0 fully saturated rings. The minimum Gasteiger partial charge on any atom is -0.392 e. The molecule has 0 aliphatic rings. The Hall–Kier alpha value is -1.35. The molecule has 1 amide bonds. The van der Waals surface area contributed by atoms with Crippen molar-refractivity contribution in [2.75, 3.05) is 0 Å². The van der Waals surface area contributed by atoms with Crippen molar-refractivity contribution in [1.29, 1.82) is 0 Å². The van der Waals surface area contributed by atoms with Crippen LogP contribution in [0.5, 0.6) is 0 Å². The Kier molecular flexibility index (Phi) is 2.45. The number of carbonyl (C=O) groups excluding carboxylic acids is 1. The van der Waals surface area contributed by atoms with E-state index in [4.69, 9.17) is 10.8 Å². The number of benzene rings is 1. The van der Waals surface area contributed by atoms with E-state index in [0.29, 0.717) is 11.1 Å². The quantitative estimate of drug-likeness (QED) is 0.673. The van der Waals surface area contributed by atoms with Gasteiger partial charge < -0.3 is 10.8 Å². The molecule has 3 N–H and O–H groups in total. The molecular weight excluding hydrogens is 154 g/mol. The fourth-order valence-electron chi connectivity index (χ4n) is 1.21. The second-order valence-electron chi connectivity index (χ2n) is 2.63. The van der Waals surface area contributed by atoms with E-state index in [1.54, 1.807) is 25.1 Å². The molecule has 0 spiro atoms. The van der Waals surface area contributed by atoms with E-state index in [1.807, 2.05) is 0 Å². The van der Waals surface area contributed by atoms with Gasteiger partial charge in [0, 0.05) is 5.56 Å². The SMILES string of the molecule is Cc1cccc(CO)c1C(N)=O. The van der Waals surface area contributed by atoms with Gasteiger partial charge in [-0.25, -0.2) is 0 Å². The maximum atomic E-state index is 10.9. The van der Waals surface area contributed by atoms with Crippen LogP contribution in [-0.4, -0.2) is 11.0 Å². The Labute approximate surface area is 70.8 Å². The molecular formula is C9H11NO2. The number of aliphatic hydroxyl groups is 1. The van der Waals surface area contributed by atoms with Crippen LogP contribution in [0.4, 0.5) is 0 Å². The lowest BCUT2D eigenvalue weighted by Gasteiger charge is -2.05. The maximum Gasteiger partial charge on any atom is 0.249 e. The van der Waals surface area contributed by atoms with E-state index < -0.39 is 5.91 Å². The van der Waals surface area contributed by atoms with Crippen LogP contribution in [0, 0.1) is 6.92 Å². The predicted molar refractivity (Wildman–Crippen MR) is 45.6 cm³/mol. The predicted octanol–water partition coefficient (Wildman–Crippen LogP) is 0.586. The number of hydrogen-bond acceptors (Lipinski definition) is 2. The first-order valence-electron chi connectivity index (χ1n) is 3.66. The van der Waals surface area contributed by atoms with Gasteiger partial charge in [-0.15, -0.1) is 0 Å². The molecule has 3 heteroatoms. The van der Waals surface area contributed by atoms with E-state index in [2.05, 4.69) is 0 Å². The molecule has 0 atom stereocenters. The lowest BCUT2D eigenvalue weighted by atomic mass is 10.0. The smallest absolute Gasteiger partial charge is 0.249 e. The third-order valence-corrected chi connectivity index (χ3v) is 1.78. The van der Waals surface area contributed by atoms with Crippen molar-refractivity contribution >= 4 is 5.91 Å². The standard InChI is InChI=1S/C9H11NO2/c1-6-3-2-4-7(5-11)8(6)9(10)12/h2-4,11H,5H2,1H3,(H2,10,12). The highest BCUT2D eigenvalue weighted by molar-refractivity contribution is 5.95. The van der Waals surface area contributed by atoms with Crippen molar-refractivity contribution in [3.05, 3.63) is 34.9 Å². The average molecular weight is 165 g/mol. The molecule has 1 rings (SSSR count). The van der Waals surface area contributed by atoms with Crippen LogP contribution in [0.15, 0.2) is 18.2 Å². The monoisotopic (exact) mass is 165 g/mol. The van der Waals surface area contributed by atoms with Crippen molar-refractivity contribution in [2.45, 2.75) is 13.5 Å². The van der Waals surface area contributed by atoms with Gasteiger partial charge in [0.2, 0.25) is 5.91 Å². The summed E-state index contributed by atoms with van der Waals surface area (Å²) in [4.78, 5) is 10.9. The number of carbonyl (C=O) groups is 1. The molecule has 0 aliphatic heterocycles. The van der Waals surface area contributed by atoms with Gasteiger partial charge in [0.1, 0.15) is 0 Å². The maximum absolute atomic E-state index is 10.9. The Morgan fingerprint density at radius 3 is 2.67 bits per heavy atom. The lowest BCUT2D eigenvalue weighted by molar-refractivity contribution is 0.0996. The van der Waals surface area contributed by atoms with Crippen LogP contribution >= 0.6 is 0 Å².